The smallest absolute Gasteiger partial charge is 0.337 e. The minimum Gasteiger partial charge on any atom is -0.467 e. The SMILES string of the molecule is COC(=O)[C@@H]1O[C@H]1CCCC(C)=O. The Morgan fingerprint density at radius 2 is 2.15 bits per heavy atom. The van der Waals surface area contributed by atoms with Gasteiger partial charge in [-0.05, 0) is 19.8 Å². The summed E-state index contributed by atoms with van der Waals surface area (Å²) in [7, 11) is 1.34. The second-order valence-electron chi connectivity index (χ2n) is 3.21. The van der Waals surface area contributed by atoms with Crippen LogP contribution in [0.15, 0.2) is 0 Å². The molecule has 0 unspecified atom stereocenters. The summed E-state index contributed by atoms with van der Waals surface area (Å²) in [5.74, 6) is -0.136. The Bertz CT molecular complexity index is 212. The molecule has 2 atom stereocenters. The topological polar surface area (TPSA) is 55.9 Å². The van der Waals surface area contributed by atoms with Crippen molar-refractivity contribution in [3.8, 4) is 0 Å². The lowest BCUT2D eigenvalue weighted by atomic mass is 10.1. The molecule has 0 N–H and O–H groups in total. The number of rotatable bonds is 5. The fourth-order valence-corrected chi connectivity index (χ4v) is 1.24. The summed E-state index contributed by atoms with van der Waals surface area (Å²) in [6.45, 7) is 1.56. The van der Waals surface area contributed by atoms with E-state index >= 15 is 0 Å². The molecule has 0 saturated carbocycles. The molecule has 0 aromatic heterocycles. The Morgan fingerprint density at radius 1 is 1.46 bits per heavy atom. The monoisotopic (exact) mass is 186 g/mol. The van der Waals surface area contributed by atoms with Crippen molar-refractivity contribution in [1.29, 1.82) is 0 Å². The highest BCUT2D eigenvalue weighted by Gasteiger charge is 2.45. The third-order valence-corrected chi connectivity index (χ3v) is 2.03. The van der Waals surface area contributed by atoms with Crippen LogP contribution in [0.4, 0.5) is 0 Å². The van der Waals surface area contributed by atoms with E-state index in [4.69, 9.17) is 4.74 Å². The largest absolute Gasteiger partial charge is 0.467 e. The van der Waals surface area contributed by atoms with Gasteiger partial charge in [-0.2, -0.15) is 0 Å². The fourth-order valence-electron chi connectivity index (χ4n) is 1.24. The zero-order valence-electron chi connectivity index (χ0n) is 7.91. The number of ether oxygens (including phenoxy) is 2. The molecule has 0 spiro atoms. The molecule has 1 heterocycles. The minimum absolute atomic E-state index is 0.0215. The fraction of sp³-hybridized carbons (Fsp3) is 0.778. The van der Waals surface area contributed by atoms with Crippen molar-refractivity contribution in [3.05, 3.63) is 0 Å². The van der Waals surface area contributed by atoms with Crippen LogP contribution < -0.4 is 0 Å². The molecule has 0 amide bonds. The van der Waals surface area contributed by atoms with Crippen LogP contribution in [-0.2, 0) is 19.1 Å². The number of hydrogen-bond donors (Lipinski definition) is 0. The first-order valence-corrected chi connectivity index (χ1v) is 4.38. The van der Waals surface area contributed by atoms with Crippen LogP contribution in [0.1, 0.15) is 26.2 Å². The standard InChI is InChI=1S/C9H14O4/c1-6(10)4-3-5-7-8(13-7)9(11)12-2/h7-8H,3-5H2,1-2H3/t7-,8+/m0/s1. The summed E-state index contributed by atoms with van der Waals surface area (Å²) in [5, 5.41) is 0. The molecular formula is C9H14O4. The van der Waals surface area contributed by atoms with Crippen molar-refractivity contribution in [3.63, 3.8) is 0 Å². The number of carbonyl (C=O) groups is 2. The van der Waals surface area contributed by atoms with Gasteiger partial charge in [-0.15, -0.1) is 0 Å². The van der Waals surface area contributed by atoms with Crippen molar-refractivity contribution in [1.82, 2.24) is 0 Å². The maximum Gasteiger partial charge on any atom is 0.337 e. The van der Waals surface area contributed by atoms with Gasteiger partial charge in [-0.3, -0.25) is 0 Å². The first-order chi connectivity index (χ1) is 6.15. The molecule has 74 valence electrons. The number of ketones is 1. The van der Waals surface area contributed by atoms with E-state index < -0.39 is 0 Å². The predicted molar refractivity (Wildman–Crippen MR) is 45.2 cm³/mol. The molecule has 13 heavy (non-hydrogen) atoms. The Hall–Kier alpha value is -0.900. The van der Waals surface area contributed by atoms with E-state index in [9.17, 15) is 9.59 Å². The molecule has 0 aromatic carbocycles. The van der Waals surface area contributed by atoms with Gasteiger partial charge in [0.25, 0.3) is 0 Å². The summed E-state index contributed by atoms with van der Waals surface area (Å²) in [5.41, 5.74) is 0. The number of epoxide rings is 1. The molecule has 4 heteroatoms. The van der Waals surface area contributed by atoms with Crippen LogP contribution in [0, 0.1) is 0 Å². The molecule has 1 saturated heterocycles. The third kappa shape index (κ3) is 3.14. The summed E-state index contributed by atoms with van der Waals surface area (Å²) < 4.78 is 9.57. The lowest BCUT2D eigenvalue weighted by Crippen LogP contribution is -2.11. The van der Waals surface area contributed by atoms with E-state index in [1.165, 1.54) is 7.11 Å². The molecule has 4 nitrogen and oxygen atoms in total. The van der Waals surface area contributed by atoms with Gasteiger partial charge >= 0.3 is 5.97 Å². The molecule has 1 fully saturated rings. The number of hydrogen-bond acceptors (Lipinski definition) is 4. The molecule has 0 aliphatic carbocycles. The Labute approximate surface area is 77.2 Å². The van der Waals surface area contributed by atoms with E-state index in [2.05, 4.69) is 4.74 Å². The molecule has 0 aromatic rings. The van der Waals surface area contributed by atoms with Gasteiger partial charge in [0.1, 0.15) is 5.78 Å². The second-order valence-corrected chi connectivity index (χ2v) is 3.21. The molecule has 1 rings (SSSR count). The summed E-state index contributed by atoms with van der Waals surface area (Å²) in [4.78, 5) is 21.5. The van der Waals surface area contributed by atoms with Crippen molar-refractivity contribution < 1.29 is 19.1 Å². The first kappa shape index (κ1) is 10.2. The summed E-state index contributed by atoms with van der Waals surface area (Å²) >= 11 is 0. The molecule has 1 aliphatic rings. The van der Waals surface area contributed by atoms with Crippen molar-refractivity contribution >= 4 is 11.8 Å². The van der Waals surface area contributed by atoms with Gasteiger partial charge in [0.2, 0.25) is 0 Å². The zero-order chi connectivity index (χ0) is 9.84. The lowest BCUT2D eigenvalue weighted by Gasteiger charge is -1.93. The number of methoxy groups -OCH3 is 1. The van der Waals surface area contributed by atoms with Crippen molar-refractivity contribution in [2.24, 2.45) is 0 Å². The van der Waals surface area contributed by atoms with Gasteiger partial charge in [0.15, 0.2) is 6.10 Å². The highest BCUT2D eigenvalue weighted by Crippen LogP contribution is 2.27. The minimum atomic E-state index is -0.378. The molecule has 0 bridgehead atoms. The Kier molecular flexibility index (Phi) is 3.42. The van der Waals surface area contributed by atoms with Crippen LogP contribution in [-0.4, -0.2) is 31.1 Å². The van der Waals surface area contributed by atoms with Gasteiger partial charge < -0.3 is 14.3 Å². The third-order valence-electron chi connectivity index (χ3n) is 2.03. The maximum atomic E-state index is 10.9. The molecular weight excluding hydrogens is 172 g/mol. The van der Waals surface area contributed by atoms with E-state index in [0.717, 1.165) is 12.8 Å². The number of esters is 1. The van der Waals surface area contributed by atoms with E-state index in [-0.39, 0.29) is 24.0 Å². The van der Waals surface area contributed by atoms with Gasteiger partial charge in [-0.25, -0.2) is 4.79 Å². The highest BCUT2D eigenvalue weighted by molar-refractivity contribution is 5.78. The average Bonchev–Trinajstić information content (AvgIpc) is 2.82. The molecule has 1 aliphatic heterocycles. The number of Topliss-reactive ketones (excluding diaryl/α,β-unsaturated/α-hetero) is 1. The van der Waals surface area contributed by atoms with Crippen LogP contribution >= 0.6 is 0 Å². The first-order valence-electron chi connectivity index (χ1n) is 4.38. The summed E-state index contributed by atoms with van der Waals surface area (Å²) in [6.07, 6.45) is 1.71. The second kappa shape index (κ2) is 4.37. The van der Waals surface area contributed by atoms with Crippen molar-refractivity contribution in [2.75, 3.05) is 7.11 Å². The Balaban J connectivity index is 2.07. The maximum absolute atomic E-state index is 10.9. The Morgan fingerprint density at radius 3 is 2.69 bits per heavy atom. The normalized spacial score (nSPS) is 25.4. The van der Waals surface area contributed by atoms with E-state index in [0.29, 0.717) is 6.42 Å². The van der Waals surface area contributed by atoms with Crippen LogP contribution in [0.5, 0.6) is 0 Å². The van der Waals surface area contributed by atoms with Crippen LogP contribution in [0.25, 0.3) is 0 Å². The molecule has 0 radical (unpaired) electrons. The quantitative estimate of drug-likeness (QED) is 0.468. The lowest BCUT2D eigenvalue weighted by molar-refractivity contribution is -0.142. The highest BCUT2D eigenvalue weighted by atomic mass is 16.6. The van der Waals surface area contributed by atoms with E-state index in [1.807, 2.05) is 0 Å². The van der Waals surface area contributed by atoms with Gasteiger partial charge in [0, 0.05) is 6.42 Å². The zero-order valence-corrected chi connectivity index (χ0v) is 7.91. The van der Waals surface area contributed by atoms with Crippen LogP contribution in [0.3, 0.4) is 0 Å². The predicted octanol–water partition coefficient (Wildman–Crippen LogP) is 0.686. The van der Waals surface area contributed by atoms with Crippen LogP contribution in [0.2, 0.25) is 0 Å². The van der Waals surface area contributed by atoms with Gasteiger partial charge in [-0.1, -0.05) is 0 Å². The number of carbonyl (C=O) groups excluding carboxylic acids is 2. The van der Waals surface area contributed by atoms with E-state index in [1.54, 1.807) is 6.92 Å². The average molecular weight is 186 g/mol. The summed E-state index contributed by atoms with van der Waals surface area (Å²) in [6, 6.07) is 0. The van der Waals surface area contributed by atoms with Gasteiger partial charge in [0.05, 0.1) is 13.2 Å². The van der Waals surface area contributed by atoms with Crippen molar-refractivity contribution in [2.45, 2.75) is 38.4 Å².